The molecule has 3 aromatic heterocycles. The van der Waals surface area contributed by atoms with Crippen LogP contribution in [0.4, 0.5) is 23.4 Å². The van der Waals surface area contributed by atoms with Gasteiger partial charge in [-0.3, -0.25) is 4.79 Å². The van der Waals surface area contributed by atoms with Crippen molar-refractivity contribution in [1.29, 1.82) is 0 Å². The fourth-order valence-corrected chi connectivity index (χ4v) is 6.22. The van der Waals surface area contributed by atoms with E-state index in [1.54, 1.807) is 19.1 Å². The van der Waals surface area contributed by atoms with E-state index in [4.69, 9.17) is 10.5 Å². The van der Waals surface area contributed by atoms with E-state index < -0.39 is 57.8 Å². The highest BCUT2D eigenvalue weighted by molar-refractivity contribution is 7.89. The van der Waals surface area contributed by atoms with E-state index in [1.807, 2.05) is 0 Å². The van der Waals surface area contributed by atoms with Gasteiger partial charge in [-0.1, -0.05) is 12.1 Å². The van der Waals surface area contributed by atoms with Gasteiger partial charge in [-0.05, 0) is 36.8 Å². The van der Waals surface area contributed by atoms with Gasteiger partial charge in [-0.15, -0.1) is 0 Å². The van der Waals surface area contributed by atoms with Crippen molar-refractivity contribution in [1.82, 2.24) is 29.2 Å². The zero-order chi connectivity index (χ0) is 29.7. The first-order chi connectivity index (χ1) is 19.3. The number of hydrogen-bond acceptors (Lipinski definition) is 8. The number of aromatic nitrogens is 4. The van der Waals surface area contributed by atoms with Gasteiger partial charge in [0.15, 0.2) is 5.82 Å². The minimum atomic E-state index is -4.79. The molecule has 0 radical (unpaired) electrons. The smallest absolute Gasteiger partial charge is 0.418 e. The van der Waals surface area contributed by atoms with E-state index in [9.17, 15) is 30.8 Å². The average Bonchev–Trinajstić information content (AvgIpc) is 3.50. The monoisotopic (exact) mass is 593 g/mol. The second-order valence-corrected chi connectivity index (χ2v) is 11.3. The molecular weight excluding hydrogens is 570 g/mol. The Hall–Kier alpha value is -4.31. The molecule has 1 saturated heterocycles. The molecule has 1 aliphatic heterocycles. The Balaban J connectivity index is 1.45. The summed E-state index contributed by atoms with van der Waals surface area (Å²) < 4.78 is 89.4. The SMILES string of the molecule is COc1ncc(-c2cc(C(F)(F)F)c3c(N)ncnn23)cc1C(=O)N[C@@H]1CN(S(=O)(=O)c2cccc(C)c2)C[C@@H]1F. The molecule has 16 heteroatoms. The number of aryl methyl sites for hydroxylation is 1. The van der Waals surface area contributed by atoms with Gasteiger partial charge in [-0.25, -0.2) is 27.3 Å². The lowest BCUT2D eigenvalue weighted by atomic mass is 10.1. The number of ether oxygens (including phenoxy) is 1. The molecule has 0 bridgehead atoms. The average molecular weight is 594 g/mol. The maximum Gasteiger partial charge on any atom is 0.418 e. The summed E-state index contributed by atoms with van der Waals surface area (Å²) in [7, 11) is -2.80. The van der Waals surface area contributed by atoms with Crippen LogP contribution in [0.2, 0.25) is 0 Å². The van der Waals surface area contributed by atoms with Crippen molar-refractivity contribution in [3.8, 4) is 17.1 Å². The van der Waals surface area contributed by atoms with Gasteiger partial charge in [0.1, 0.15) is 23.6 Å². The molecule has 0 unspecified atom stereocenters. The Morgan fingerprint density at radius 3 is 2.61 bits per heavy atom. The van der Waals surface area contributed by atoms with Gasteiger partial charge in [0, 0.05) is 24.8 Å². The minimum absolute atomic E-state index is 0.00246. The summed E-state index contributed by atoms with van der Waals surface area (Å²) in [5.41, 5.74) is 4.58. The number of pyridine rings is 1. The van der Waals surface area contributed by atoms with E-state index in [0.29, 0.717) is 5.56 Å². The number of carbonyl (C=O) groups excluding carboxylic acids is 1. The molecule has 1 aliphatic rings. The van der Waals surface area contributed by atoms with Crippen LogP contribution in [0.25, 0.3) is 16.8 Å². The summed E-state index contributed by atoms with van der Waals surface area (Å²) in [5, 5.41) is 6.34. The first kappa shape index (κ1) is 28.2. The summed E-state index contributed by atoms with van der Waals surface area (Å²) in [5.74, 6) is -1.46. The fraction of sp³-hybridized carbons (Fsp3) is 0.280. The number of sulfonamides is 1. The Morgan fingerprint density at radius 1 is 1.17 bits per heavy atom. The number of benzene rings is 1. The zero-order valence-corrected chi connectivity index (χ0v) is 22.4. The molecule has 0 aliphatic carbocycles. The van der Waals surface area contributed by atoms with Crippen LogP contribution in [0.1, 0.15) is 21.5 Å². The van der Waals surface area contributed by atoms with Crippen molar-refractivity contribution < 1.29 is 35.5 Å². The second kappa shape index (κ2) is 10.3. The van der Waals surface area contributed by atoms with Crippen LogP contribution in [0, 0.1) is 6.92 Å². The number of halogens is 4. The number of fused-ring (bicyclic) bond motifs is 1. The van der Waals surface area contributed by atoms with E-state index >= 15 is 0 Å². The zero-order valence-electron chi connectivity index (χ0n) is 21.6. The van der Waals surface area contributed by atoms with Gasteiger partial charge in [0.25, 0.3) is 5.91 Å². The summed E-state index contributed by atoms with van der Waals surface area (Å²) in [6, 6.07) is 6.96. The fourth-order valence-electron chi connectivity index (χ4n) is 4.64. The molecule has 2 atom stereocenters. The molecule has 1 fully saturated rings. The van der Waals surface area contributed by atoms with Crippen LogP contribution in [0.5, 0.6) is 5.88 Å². The highest BCUT2D eigenvalue weighted by Crippen LogP contribution is 2.39. The Labute approximate surface area is 231 Å². The number of amides is 1. The van der Waals surface area contributed by atoms with Gasteiger partial charge < -0.3 is 15.8 Å². The molecule has 4 heterocycles. The van der Waals surface area contributed by atoms with Crippen LogP contribution in [0.3, 0.4) is 0 Å². The number of rotatable bonds is 6. The molecular formula is C25H23F4N7O4S. The van der Waals surface area contributed by atoms with E-state index in [0.717, 1.165) is 21.2 Å². The standard InChI is InChI=1S/C25H23F4N7O4S/c1-13-4-3-5-15(6-13)41(38,39)35-10-18(26)19(11-35)34-23(37)16-7-14(9-31-24(16)40-2)20-8-17(25(27,28)29)21-22(30)32-12-33-36(20)21/h3-9,12,18-19H,10-11H2,1-2H3,(H,34,37)(H2,30,32,33)/t18-,19+/m0/s1. The summed E-state index contributed by atoms with van der Waals surface area (Å²) in [4.78, 5) is 20.9. The molecule has 0 saturated carbocycles. The largest absolute Gasteiger partial charge is 0.480 e. The summed E-state index contributed by atoms with van der Waals surface area (Å²) in [6.07, 6.45) is -4.36. The first-order valence-electron chi connectivity index (χ1n) is 12.1. The molecule has 216 valence electrons. The maximum atomic E-state index is 15.0. The van der Waals surface area contributed by atoms with E-state index in [2.05, 4.69) is 20.4 Å². The lowest BCUT2D eigenvalue weighted by molar-refractivity contribution is -0.136. The Bertz CT molecular complexity index is 1760. The van der Waals surface area contributed by atoms with Crippen LogP contribution in [-0.2, 0) is 16.2 Å². The van der Waals surface area contributed by atoms with Crippen molar-refractivity contribution in [3.63, 3.8) is 0 Å². The van der Waals surface area contributed by atoms with E-state index in [-0.39, 0.29) is 34.1 Å². The number of nitrogen functional groups attached to an aromatic ring is 1. The Kier molecular flexibility index (Phi) is 7.07. The molecule has 11 nitrogen and oxygen atoms in total. The molecule has 0 spiro atoms. The molecule has 1 aromatic carbocycles. The predicted octanol–water partition coefficient (Wildman–Crippen LogP) is 2.85. The van der Waals surface area contributed by atoms with Crippen molar-refractivity contribution in [3.05, 3.63) is 65.6 Å². The number of nitrogens with one attached hydrogen (secondary N) is 1. The van der Waals surface area contributed by atoms with Crippen molar-refractivity contribution in [2.75, 3.05) is 25.9 Å². The number of nitrogens with two attached hydrogens (primary N) is 1. The maximum absolute atomic E-state index is 15.0. The van der Waals surface area contributed by atoms with Crippen molar-refractivity contribution in [2.24, 2.45) is 0 Å². The van der Waals surface area contributed by atoms with Crippen molar-refractivity contribution in [2.45, 2.75) is 30.2 Å². The molecule has 3 N–H and O–H groups in total. The molecule has 5 rings (SSSR count). The lowest BCUT2D eigenvalue weighted by Crippen LogP contribution is -2.42. The van der Waals surface area contributed by atoms with Crippen LogP contribution in [0.15, 0.2) is 53.8 Å². The number of anilines is 1. The highest BCUT2D eigenvalue weighted by Gasteiger charge is 2.41. The van der Waals surface area contributed by atoms with Gasteiger partial charge >= 0.3 is 6.18 Å². The lowest BCUT2D eigenvalue weighted by Gasteiger charge is -2.18. The molecule has 1 amide bonds. The predicted molar refractivity (Wildman–Crippen MR) is 138 cm³/mol. The third kappa shape index (κ3) is 5.15. The third-order valence-corrected chi connectivity index (χ3v) is 8.46. The molecule has 4 aromatic rings. The van der Waals surface area contributed by atoms with Crippen LogP contribution < -0.4 is 15.8 Å². The first-order valence-corrected chi connectivity index (χ1v) is 13.5. The quantitative estimate of drug-likeness (QED) is 0.325. The van der Waals surface area contributed by atoms with Crippen LogP contribution >= 0.6 is 0 Å². The second-order valence-electron chi connectivity index (χ2n) is 9.36. The topological polar surface area (TPSA) is 145 Å². The summed E-state index contributed by atoms with van der Waals surface area (Å²) in [6.45, 7) is 0.906. The van der Waals surface area contributed by atoms with E-state index in [1.165, 1.54) is 31.5 Å². The van der Waals surface area contributed by atoms with Gasteiger partial charge in [0.05, 0.1) is 29.3 Å². The van der Waals surface area contributed by atoms with Gasteiger partial charge in [0.2, 0.25) is 15.9 Å². The van der Waals surface area contributed by atoms with Crippen molar-refractivity contribution >= 4 is 27.3 Å². The normalized spacial score (nSPS) is 18.1. The number of carbonyl (C=O) groups is 1. The highest BCUT2D eigenvalue weighted by atomic mass is 32.2. The molecule has 41 heavy (non-hydrogen) atoms. The van der Waals surface area contributed by atoms with Crippen LogP contribution in [-0.4, -0.2) is 70.6 Å². The minimum Gasteiger partial charge on any atom is -0.480 e. The number of nitrogens with zero attached hydrogens (tertiary/aromatic N) is 5. The number of methoxy groups -OCH3 is 1. The van der Waals surface area contributed by atoms with Gasteiger partial charge in [-0.2, -0.15) is 22.6 Å². The Morgan fingerprint density at radius 2 is 1.93 bits per heavy atom. The third-order valence-electron chi connectivity index (χ3n) is 6.63. The summed E-state index contributed by atoms with van der Waals surface area (Å²) >= 11 is 0. The number of hydrogen-bond donors (Lipinski definition) is 2. The number of alkyl halides is 4.